The molecule has 2 atom stereocenters. The average Bonchev–Trinajstić information content (AvgIpc) is 3.09. The molecule has 2 aromatic carbocycles. The SMILES string of the molecule is CC(C)C(CNC(=O)C(CC(F)(F)F)NC(=O)OCC1c2ccccc2-c2ccccc21)C(=O)O. The summed E-state index contributed by atoms with van der Waals surface area (Å²) in [5.74, 6) is -3.96. The number of alkyl carbamates (subject to hydrolysis) is 1. The number of nitrogens with one attached hydrogen (secondary N) is 2. The normalized spacial score (nSPS) is 14.6. The van der Waals surface area contributed by atoms with Crippen LogP contribution in [0.15, 0.2) is 48.5 Å². The molecule has 3 rings (SSSR count). The van der Waals surface area contributed by atoms with E-state index in [1.54, 1.807) is 13.8 Å². The molecule has 0 spiro atoms. The zero-order chi connectivity index (χ0) is 25.8. The molecule has 7 nitrogen and oxygen atoms in total. The van der Waals surface area contributed by atoms with Gasteiger partial charge in [-0.2, -0.15) is 13.2 Å². The first-order chi connectivity index (χ1) is 16.5. The van der Waals surface area contributed by atoms with Crippen LogP contribution >= 0.6 is 0 Å². The molecular weight excluding hydrogens is 465 g/mol. The van der Waals surface area contributed by atoms with Crippen molar-refractivity contribution < 1.29 is 37.4 Å². The fraction of sp³-hybridized carbons (Fsp3) is 0.400. The lowest BCUT2D eigenvalue weighted by Gasteiger charge is -2.22. The molecule has 0 aromatic heterocycles. The number of ether oxygens (including phenoxy) is 1. The van der Waals surface area contributed by atoms with E-state index in [0.717, 1.165) is 22.3 Å². The fourth-order valence-electron chi connectivity index (χ4n) is 4.16. The Morgan fingerprint density at radius 3 is 2.03 bits per heavy atom. The quantitative estimate of drug-likeness (QED) is 0.484. The fourth-order valence-corrected chi connectivity index (χ4v) is 4.16. The van der Waals surface area contributed by atoms with E-state index in [4.69, 9.17) is 4.74 Å². The van der Waals surface area contributed by atoms with Crippen LogP contribution in [-0.4, -0.2) is 48.4 Å². The van der Waals surface area contributed by atoms with Crippen molar-refractivity contribution in [1.29, 1.82) is 0 Å². The number of carbonyl (C=O) groups is 3. The summed E-state index contributed by atoms with van der Waals surface area (Å²) in [5.41, 5.74) is 3.84. The van der Waals surface area contributed by atoms with E-state index < -0.39 is 42.5 Å². The summed E-state index contributed by atoms with van der Waals surface area (Å²) in [6.45, 7) is 2.74. The predicted molar refractivity (Wildman–Crippen MR) is 122 cm³/mol. The predicted octanol–water partition coefficient (Wildman–Crippen LogP) is 4.32. The molecule has 0 saturated heterocycles. The Labute approximate surface area is 200 Å². The second-order valence-corrected chi connectivity index (χ2v) is 8.78. The van der Waals surface area contributed by atoms with Crippen molar-refractivity contribution in [3.63, 3.8) is 0 Å². The van der Waals surface area contributed by atoms with Gasteiger partial charge < -0.3 is 20.5 Å². The van der Waals surface area contributed by atoms with Gasteiger partial charge in [-0.05, 0) is 28.2 Å². The van der Waals surface area contributed by atoms with E-state index in [1.807, 2.05) is 53.8 Å². The third kappa shape index (κ3) is 6.52. The first-order valence-electron chi connectivity index (χ1n) is 11.2. The number of hydrogen-bond acceptors (Lipinski definition) is 4. The standard InChI is InChI=1S/C25H27F3N2O5/c1-14(2)19(23(32)33)12-29-22(31)21(11-25(26,27)28)30-24(34)35-13-20-17-9-5-3-7-15(17)16-8-4-6-10-18(16)20/h3-10,14,19-21H,11-13H2,1-2H3,(H,29,31)(H,30,34)(H,32,33). The summed E-state index contributed by atoms with van der Waals surface area (Å²) in [4.78, 5) is 36.1. The number of benzene rings is 2. The number of hydrogen-bond donors (Lipinski definition) is 3. The van der Waals surface area contributed by atoms with Gasteiger partial charge in [0.2, 0.25) is 5.91 Å². The Kier molecular flexibility index (Phi) is 8.03. The van der Waals surface area contributed by atoms with Gasteiger partial charge in [-0.1, -0.05) is 62.4 Å². The van der Waals surface area contributed by atoms with Crippen molar-refractivity contribution in [2.45, 2.75) is 38.4 Å². The zero-order valence-corrected chi connectivity index (χ0v) is 19.3. The van der Waals surface area contributed by atoms with Crippen LogP contribution in [0.1, 0.15) is 37.3 Å². The average molecular weight is 492 g/mol. The van der Waals surface area contributed by atoms with Crippen LogP contribution in [0.5, 0.6) is 0 Å². The van der Waals surface area contributed by atoms with Gasteiger partial charge in [0.25, 0.3) is 0 Å². The number of rotatable bonds is 9. The molecule has 0 heterocycles. The molecule has 0 fully saturated rings. The maximum absolute atomic E-state index is 13.1. The van der Waals surface area contributed by atoms with E-state index in [1.165, 1.54) is 0 Å². The van der Waals surface area contributed by atoms with Crippen LogP contribution in [-0.2, 0) is 14.3 Å². The highest BCUT2D eigenvalue weighted by Gasteiger charge is 2.37. The van der Waals surface area contributed by atoms with Crippen molar-refractivity contribution in [2.75, 3.05) is 13.2 Å². The van der Waals surface area contributed by atoms with Crippen molar-refractivity contribution in [3.05, 3.63) is 59.7 Å². The molecule has 10 heteroatoms. The highest BCUT2D eigenvalue weighted by Crippen LogP contribution is 2.44. The highest BCUT2D eigenvalue weighted by atomic mass is 19.4. The minimum atomic E-state index is -4.75. The highest BCUT2D eigenvalue weighted by molar-refractivity contribution is 5.86. The second-order valence-electron chi connectivity index (χ2n) is 8.78. The number of carboxylic acids is 1. The number of carboxylic acid groups (broad SMARTS) is 1. The van der Waals surface area contributed by atoms with E-state index in [-0.39, 0.29) is 25.0 Å². The number of fused-ring (bicyclic) bond motifs is 3. The molecule has 0 saturated carbocycles. The van der Waals surface area contributed by atoms with Crippen LogP contribution in [0.25, 0.3) is 11.1 Å². The van der Waals surface area contributed by atoms with E-state index >= 15 is 0 Å². The van der Waals surface area contributed by atoms with E-state index in [0.29, 0.717) is 0 Å². The van der Waals surface area contributed by atoms with Crippen molar-refractivity contribution in [3.8, 4) is 11.1 Å². The molecular formula is C25H27F3N2O5. The molecule has 35 heavy (non-hydrogen) atoms. The summed E-state index contributed by atoms with van der Waals surface area (Å²) >= 11 is 0. The van der Waals surface area contributed by atoms with Crippen LogP contribution < -0.4 is 10.6 Å². The topological polar surface area (TPSA) is 105 Å². The molecule has 2 unspecified atom stereocenters. The summed E-state index contributed by atoms with van der Waals surface area (Å²) in [5, 5.41) is 13.4. The minimum absolute atomic E-state index is 0.130. The Hall–Kier alpha value is -3.56. The van der Waals surface area contributed by atoms with Crippen molar-refractivity contribution in [2.24, 2.45) is 11.8 Å². The summed E-state index contributed by atoms with van der Waals surface area (Å²) in [6, 6.07) is 13.2. The Morgan fingerprint density at radius 1 is 1.00 bits per heavy atom. The van der Waals surface area contributed by atoms with Crippen LogP contribution in [0.2, 0.25) is 0 Å². The Balaban J connectivity index is 1.66. The van der Waals surface area contributed by atoms with E-state index in [9.17, 15) is 32.7 Å². The third-order valence-electron chi connectivity index (χ3n) is 6.01. The van der Waals surface area contributed by atoms with Crippen molar-refractivity contribution in [1.82, 2.24) is 10.6 Å². The Morgan fingerprint density at radius 2 is 1.54 bits per heavy atom. The molecule has 2 aromatic rings. The first kappa shape index (κ1) is 26.1. The number of amides is 2. The number of halogens is 3. The van der Waals surface area contributed by atoms with Gasteiger partial charge in [-0.25, -0.2) is 4.79 Å². The first-order valence-corrected chi connectivity index (χ1v) is 11.2. The molecule has 188 valence electrons. The van der Waals surface area contributed by atoms with Gasteiger partial charge in [0.05, 0.1) is 12.3 Å². The third-order valence-corrected chi connectivity index (χ3v) is 6.01. The van der Waals surface area contributed by atoms with Gasteiger partial charge in [0.1, 0.15) is 12.6 Å². The van der Waals surface area contributed by atoms with Gasteiger partial charge in [-0.15, -0.1) is 0 Å². The lowest BCUT2D eigenvalue weighted by molar-refractivity contribution is -0.150. The zero-order valence-electron chi connectivity index (χ0n) is 19.3. The summed E-state index contributed by atoms with van der Waals surface area (Å²) < 4.78 is 44.4. The lowest BCUT2D eigenvalue weighted by Crippen LogP contribution is -2.50. The van der Waals surface area contributed by atoms with Gasteiger partial charge in [-0.3, -0.25) is 9.59 Å². The molecule has 0 bridgehead atoms. The molecule has 0 radical (unpaired) electrons. The van der Waals surface area contributed by atoms with Crippen LogP contribution in [0.3, 0.4) is 0 Å². The number of aliphatic carboxylic acids is 1. The maximum atomic E-state index is 13.1. The molecule has 1 aliphatic rings. The number of alkyl halides is 3. The smallest absolute Gasteiger partial charge is 0.407 e. The maximum Gasteiger partial charge on any atom is 0.407 e. The van der Waals surface area contributed by atoms with Gasteiger partial charge in [0, 0.05) is 12.5 Å². The second kappa shape index (κ2) is 10.8. The molecule has 2 amide bonds. The van der Waals surface area contributed by atoms with Crippen molar-refractivity contribution >= 4 is 18.0 Å². The minimum Gasteiger partial charge on any atom is -0.481 e. The molecule has 0 aliphatic heterocycles. The lowest BCUT2D eigenvalue weighted by atomic mass is 9.96. The summed E-state index contributed by atoms with van der Waals surface area (Å²) in [6.07, 6.45) is -7.54. The van der Waals surface area contributed by atoms with Crippen LogP contribution in [0.4, 0.5) is 18.0 Å². The van der Waals surface area contributed by atoms with Crippen LogP contribution in [0, 0.1) is 11.8 Å². The monoisotopic (exact) mass is 492 g/mol. The largest absolute Gasteiger partial charge is 0.481 e. The van der Waals surface area contributed by atoms with Gasteiger partial charge in [0.15, 0.2) is 0 Å². The molecule has 1 aliphatic carbocycles. The number of carbonyl (C=O) groups excluding carboxylic acids is 2. The van der Waals surface area contributed by atoms with E-state index in [2.05, 4.69) is 5.32 Å². The summed E-state index contributed by atoms with van der Waals surface area (Å²) in [7, 11) is 0. The Bertz CT molecular complexity index is 1040. The molecule has 3 N–H and O–H groups in total. The van der Waals surface area contributed by atoms with Gasteiger partial charge >= 0.3 is 18.2 Å².